The number of hydrogen-bond acceptors (Lipinski definition) is 2. The standard InChI is InChI=1S/C19H25N3O/c1-14-17(15(2)22(3)21-14)12-18(23)20-13-19(10-7-11-19)16-8-5-4-6-9-16/h4-6,8-9H,7,10-13H2,1-3H3,(H,20,23). The number of carbonyl (C=O) groups excluding carboxylic acids is 1. The molecule has 1 amide bonds. The molecule has 0 unspecified atom stereocenters. The second-order valence-electron chi connectivity index (χ2n) is 6.73. The second-order valence-corrected chi connectivity index (χ2v) is 6.73. The highest BCUT2D eigenvalue weighted by Gasteiger charge is 2.38. The highest BCUT2D eigenvalue weighted by atomic mass is 16.1. The Hall–Kier alpha value is -2.10. The average molecular weight is 311 g/mol. The first-order valence-electron chi connectivity index (χ1n) is 8.33. The van der Waals surface area contributed by atoms with Crippen molar-refractivity contribution in [2.24, 2.45) is 7.05 Å². The van der Waals surface area contributed by atoms with E-state index in [1.165, 1.54) is 12.0 Å². The van der Waals surface area contributed by atoms with E-state index in [9.17, 15) is 4.79 Å². The van der Waals surface area contributed by atoms with Crippen LogP contribution in [0.25, 0.3) is 0 Å². The molecule has 0 aliphatic heterocycles. The molecule has 23 heavy (non-hydrogen) atoms. The topological polar surface area (TPSA) is 46.9 Å². The van der Waals surface area contributed by atoms with E-state index in [2.05, 4.69) is 34.7 Å². The summed E-state index contributed by atoms with van der Waals surface area (Å²) in [5, 5.41) is 7.54. The Morgan fingerprint density at radius 3 is 2.48 bits per heavy atom. The van der Waals surface area contributed by atoms with Crippen molar-refractivity contribution in [2.45, 2.75) is 44.9 Å². The number of benzene rings is 1. The Balaban J connectivity index is 1.64. The molecule has 0 atom stereocenters. The monoisotopic (exact) mass is 311 g/mol. The largest absolute Gasteiger partial charge is 0.355 e. The Bertz CT molecular complexity index is 699. The van der Waals surface area contributed by atoms with Crippen LogP contribution in [-0.2, 0) is 23.7 Å². The van der Waals surface area contributed by atoms with Gasteiger partial charge in [-0.3, -0.25) is 9.48 Å². The first-order valence-corrected chi connectivity index (χ1v) is 8.33. The predicted octanol–water partition coefficient (Wildman–Crippen LogP) is 2.82. The molecule has 1 aromatic carbocycles. The fourth-order valence-electron chi connectivity index (χ4n) is 3.53. The summed E-state index contributed by atoms with van der Waals surface area (Å²) in [6.45, 7) is 4.71. The predicted molar refractivity (Wildman–Crippen MR) is 91.4 cm³/mol. The lowest BCUT2D eigenvalue weighted by Crippen LogP contribution is -2.45. The zero-order valence-corrected chi connectivity index (χ0v) is 14.2. The molecule has 4 nitrogen and oxygen atoms in total. The van der Waals surface area contributed by atoms with Crippen molar-refractivity contribution in [3.8, 4) is 0 Å². The molecule has 3 rings (SSSR count). The van der Waals surface area contributed by atoms with Crippen molar-refractivity contribution in [3.63, 3.8) is 0 Å². The summed E-state index contributed by atoms with van der Waals surface area (Å²) in [5.74, 6) is 0.0893. The van der Waals surface area contributed by atoms with E-state index in [1.54, 1.807) is 0 Å². The zero-order valence-electron chi connectivity index (χ0n) is 14.2. The lowest BCUT2D eigenvalue weighted by Gasteiger charge is -2.42. The van der Waals surface area contributed by atoms with Gasteiger partial charge in [0.05, 0.1) is 12.1 Å². The van der Waals surface area contributed by atoms with Crippen molar-refractivity contribution < 1.29 is 4.79 Å². The molecule has 0 radical (unpaired) electrons. The van der Waals surface area contributed by atoms with Crippen LogP contribution in [0.15, 0.2) is 30.3 Å². The first-order chi connectivity index (χ1) is 11.0. The van der Waals surface area contributed by atoms with Gasteiger partial charge in [0.1, 0.15) is 0 Å². The summed E-state index contributed by atoms with van der Waals surface area (Å²) < 4.78 is 1.84. The molecule has 1 saturated carbocycles. The quantitative estimate of drug-likeness (QED) is 0.923. The third-order valence-electron chi connectivity index (χ3n) is 5.32. The summed E-state index contributed by atoms with van der Waals surface area (Å²) in [6, 6.07) is 10.6. The number of hydrogen-bond donors (Lipinski definition) is 1. The van der Waals surface area contributed by atoms with Crippen molar-refractivity contribution in [3.05, 3.63) is 52.8 Å². The number of rotatable bonds is 5. The number of nitrogens with one attached hydrogen (secondary N) is 1. The molecule has 1 fully saturated rings. The Labute approximate surface area is 137 Å². The maximum Gasteiger partial charge on any atom is 0.224 e. The van der Waals surface area contributed by atoms with Gasteiger partial charge >= 0.3 is 0 Å². The Morgan fingerprint density at radius 1 is 1.26 bits per heavy atom. The molecule has 4 heteroatoms. The Morgan fingerprint density at radius 2 is 1.96 bits per heavy atom. The molecule has 2 aromatic rings. The van der Waals surface area contributed by atoms with Crippen LogP contribution < -0.4 is 5.32 Å². The minimum absolute atomic E-state index is 0.0893. The third kappa shape index (κ3) is 3.03. The molecular weight excluding hydrogens is 286 g/mol. The van der Waals surface area contributed by atoms with Crippen molar-refractivity contribution in [1.82, 2.24) is 15.1 Å². The van der Waals surface area contributed by atoms with E-state index < -0.39 is 0 Å². The summed E-state index contributed by atoms with van der Waals surface area (Å²) >= 11 is 0. The minimum atomic E-state index is 0.0893. The first kappa shape index (κ1) is 15.8. The van der Waals surface area contributed by atoms with Crippen LogP contribution in [0.5, 0.6) is 0 Å². The fraction of sp³-hybridized carbons (Fsp3) is 0.474. The van der Waals surface area contributed by atoms with E-state index in [4.69, 9.17) is 0 Å². The van der Waals surface area contributed by atoms with E-state index in [0.717, 1.165) is 36.3 Å². The van der Waals surface area contributed by atoms with Crippen LogP contribution in [0.2, 0.25) is 0 Å². The molecule has 1 aliphatic rings. The average Bonchev–Trinajstić information content (AvgIpc) is 2.74. The molecule has 1 heterocycles. The summed E-state index contributed by atoms with van der Waals surface area (Å²) in [6.07, 6.45) is 3.96. The van der Waals surface area contributed by atoms with Gasteiger partial charge in [-0.1, -0.05) is 36.8 Å². The number of nitrogens with zero attached hydrogens (tertiary/aromatic N) is 2. The van der Waals surface area contributed by atoms with Crippen molar-refractivity contribution in [2.75, 3.05) is 6.54 Å². The van der Waals surface area contributed by atoms with Gasteiger partial charge in [-0.15, -0.1) is 0 Å². The number of aromatic nitrogens is 2. The molecule has 0 saturated heterocycles. The van der Waals surface area contributed by atoms with Gasteiger partial charge in [0.2, 0.25) is 5.91 Å². The molecule has 1 N–H and O–H groups in total. The van der Waals surface area contributed by atoms with Crippen LogP contribution in [0.1, 0.15) is 41.8 Å². The maximum atomic E-state index is 12.4. The van der Waals surface area contributed by atoms with Gasteiger partial charge < -0.3 is 5.32 Å². The van der Waals surface area contributed by atoms with Gasteiger partial charge in [-0.2, -0.15) is 5.10 Å². The van der Waals surface area contributed by atoms with E-state index in [0.29, 0.717) is 6.42 Å². The molecular formula is C19H25N3O. The van der Waals surface area contributed by atoms with Crippen LogP contribution >= 0.6 is 0 Å². The van der Waals surface area contributed by atoms with Gasteiger partial charge in [0, 0.05) is 30.3 Å². The van der Waals surface area contributed by atoms with Crippen LogP contribution in [0.3, 0.4) is 0 Å². The summed E-state index contributed by atoms with van der Waals surface area (Å²) in [7, 11) is 1.92. The SMILES string of the molecule is Cc1nn(C)c(C)c1CC(=O)NCC1(c2ccccc2)CCC1. The van der Waals surface area contributed by atoms with Crippen LogP contribution in [-0.4, -0.2) is 22.2 Å². The maximum absolute atomic E-state index is 12.4. The van der Waals surface area contributed by atoms with Crippen molar-refractivity contribution >= 4 is 5.91 Å². The highest BCUT2D eigenvalue weighted by molar-refractivity contribution is 5.79. The molecule has 0 bridgehead atoms. The van der Waals surface area contributed by atoms with Gasteiger partial charge in [0.25, 0.3) is 0 Å². The van der Waals surface area contributed by atoms with Gasteiger partial charge in [-0.25, -0.2) is 0 Å². The van der Waals surface area contributed by atoms with Crippen LogP contribution in [0.4, 0.5) is 0 Å². The minimum Gasteiger partial charge on any atom is -0.355 e. The molecule has 0 spiro atoms. The lowest BCUT2D eigenvalue weighted by molar-refractivity contribution is -0.120. The lowest BCUT2D eigenvalue weighted by atomic mass is 9.64. The third-order valence-corrected chi connectivity index (χ3v) is 5.32. The zero-order chi connectivity index (χ0) is 16.4. The number of amides is 1. The number of aryl methyl sites for hydroxylation is 2. The van der Waals surface area contributed by atoms with Crippen LogP contribution in [0, 0.1) is 13.8 Å². The van der Waals surface area contributed by atoms with E-state index in [1.807, 2.05) is 31.6 Å². The summed E-state index contributed by atoms with van der Waals surface area (Å²) in [4.78, 5) is 12.4. The van der Waals surface area contributed by atoms with Gasteiger partial charge in [-0.05, 0) is 32.3 Å². The summed E-state index contributed by atoms with van der Waals surface area (Å²) in [5.41, 5.74) is 4.55. The second kappa shape index (κ2) is 6.19. The number of carbonyl (C=O) groups is 1. The van der Waals surface area contributed by atoms with E-state index >= 15 is 0 Å². The molecule has 1 aromatic heterocycles. The Kier molecular flexibility index (Phi) is 4.24. The molecule has 1 aliphatic carbocycles. The van der Waals surface area contributed by atoms with E-state index in [-0.39, 0.29) is 11.3 Å². The smallest absolute Gasteiger partial charge is 0.224 e. The fourth-order valence-corrected chi connectivity index (χ4v) is 3.53. The van der Waals surface area contributed by atoms with Gasteiger partial charge in [0.15, 0.2) is 0 Å². The van der Waals surface area contributed by atoms with Crippen molar-refractivity contribution in [1.29, 1.82) is 0 Å². The highest BCUT2D eigenvalue weighted by Crippen LogP contribution is 2.43. The molecule has 122 valence electrons. The normalized spacial score (nSPS) is 16.0.